The lowest BCUT2D eigenvalue weighted by atomic mass is 9.94. The van der Waals surface area contributed by atoms with Gasteiger partial charge in [0.1, 0.15) is 0 Å². The molecule has 0 aromatic rings. The van der Waals surface area contributed by atoms with Crippen LogP contribution in [0.4, 0.5) is 0 Å². The van der Waals surface area contributed by atoms with Gasteiger partial charge in [-0.1, -0.05) is 355 Å². The predicted molar refractivity (Wildman–Crippen MR) is 303 cm³/mol. The summed E-state index contributed by atoms with van der Waals surface area (Å²) in [5.41, 5.74) is 0. The number of aliphatic carboxylic acids is 1. The molecule has 68 heavy (non-hydrogen) atoms. The number of esters is 1. The van der Waals surface area contributed by atoms with Crippen molar-refractivity contribution in [1.82, 2.24) is 0 Å². The smallest absolute Gasteiger partial charge is 0.308 e. The lowest BCUT2D eigenvalue weighted by Gasteiger charge is -2.16. The third-order valence-corrected chi connectivity index (χ3v) is 14.9. The fourth-order valence-corrected chi connectivity index (χ4v) is 10.1. The van der Waals surface area contributed by atoms with E-state index in [1.54, 1.807) is 0 Å². The Morgan fingerprint density at radius 1 is 0.279 bits per heavy atom. The lowest BCUT2D eigenvalue weighted by molar-refractivity contribution is -0.149. The van der Waals surface area contributed by atoms with Crippen molar-refractivity contribution in [2.75, 3.05) is 6.61 Å². The maximum absolute atomic E-state index is 12.9. The van der Waals surface area contributed by atoms with Gasteiger partial charge in [-0.25, -0.2) is 0 Å². The minimum absolute atomic E-state index is 0.108. The van der Waals surface area contributed by atoms with E-state index in [-0.39, 0.29) is 11.9 Å². The molecule has 0 bridgehead atoms. The second kappa shape index (κ2) is 64.0. The van der Waals surface area contributed by atoms with Gasteiger partial charge in [0.25, 0.3) is 0 Å². The molecule has 1 N–H and O–H groups in total. The van der Waals surface area contributed by atoms with Gasteiger partial charge >= 0.3 is 11.9 Å². The van der Waals surface area contributed by atoms with Crippen molar-refractivity contribution in [3.05, 3.63) is 0 Å². The summed E-state index contributed by atoms with van der Waals surface area (Å²) >= 11 is 0. The highest BCUT2D eigenvalue weighted by atomic mass is 16.5. The van der Waals surface area contributed by atoms with E-state index < -0.39 is 5.97 Å². The number of carbonyl (C=O) groups excluding carboxylic acids is 1. The van der Waals surface area contributed by atoms with E-state index in [1.807, 2.05) is 0 Å². The van der Waals surface area contributed by atoms with Crippen LogP contribution >= 0.6 is 0 Å². The molecule has 0 aromatic heterocycles. The Bertz CT molecular complexity index is 918. The summed E-state index contributed by atoms with van der Waals surface area (Å²) in [5, 5.41) is 8.56. The van der Waals surface area contributed by atoms with Gasteiger partial charge in [-0.15, -0.1) is 0 Å². The Morgan fingerprint density at radius 2 is 0.471 bits per heavy atom. The number of hydrogen-bond acceptors (Lipinski definition) is 3. The van der Waals surface area contributed by atoms with Gasteiger partial charge in [-0.2, -0.15) is 0 Å². The number of unbranched alkanes of at least 4 members (excludes halogenated alkanes) is 49. The fraction of sp³-hybridized carbons (Fsp3) is 0.969. The van der Waals surface area contributed by atoms with Gasteiger partial charge < -0.3 is 9.84 Å². The van der Waals surface area contributed by atoms with E-state index in [0.717, 1.165) is 32.1 Å². The standard InChI is InChI=1S/C42H84O2.C22H44O2/c1-4-7-10-13-15-17-19-21-23-24-25-27-29-31-33-36-39-41(38-35-12-9-6-3)42(43)44-40-37-34-32-30-28-26-22-20-18-16-14-11-8-5-2;1-2-3-4-5-6-7-8-9-10-11-12-13-14-15-16-17-18-19-20-21-22(23)24/h41H,4-40H2,1-3H3;2-21H2,1H3,(H,23,24). The molecule has 4 nitrogen and oxygen atoms in total. The molecular weight excluding hydrogens is 833 g/mol. The van der Waals surface area contributed by atoms with Crippen LogP contribution in [-0.2, 0) is 14.3 Å². The molecule has 0 spiro atoms. The summed E-state index contributed by atoms with van der Waals surface area (Å²) < 4.78 is 5.81. The average Bonchev–Trinajstić information content (AvgIpc) is 3.34. The van der Waals surface area contributed by atoms with Crippen LogP contribution in [0.25, 0.3) is 0 Å². The van der Waals surface area contributed by atoms with Gasteiger partial charge in [0, 0.05) is 6.42 Å². The van der Waals surface area contributed by atoms with Crippen molar-refractivity contribution in [3.63, 3.8) is 0 Å². The zero-order chi connectivity index (χ0) is 49.7. The van der Waals surface area contributed by atoms with Crippen LogP contribution in [0.1, 0.15) is 387 Å². The molecule has 0 saturated carbocycles. The van der Waals surface area contributed by atoms with Crippen LogP contribution < -0.4 is 0 Å². The van der Waals surface area contributed by atoms with Gasteiger partial charge in [-0.05, 0) is 25.7 Å². The number of ether oxygens (including phenoxy) is 1. The summed E-state index contributed by atoms with van der Waals surface area (Å²) in [6.45, 7) is 9.78. The first kappa shape index (κ1) is 69.0. The minimum Gasteiger partial charge on any atom is -0.481 e. The van der Waals surface area contributed by atoms with Crippen LogP contribution in [0, 0.1) is 5.92 Å². The van der Waals surface area contributed by atoms with E-state index >= 15 is 0 Å². The second-order valence-electron chi connectivity index (χ2n) is 21.9. The lowest BCUT2D eigenvalue weighted by Crippen LogP contribution is -2.18. The first-order chi connectivity index (χ1) is 33.5. The topological polar surface area (TPSA) is 63.6 Å². The van der Waals surface area contributed by atoms with Gasteiger partial charge in [-0.3, -0.25) is 9.59 Å². The van der Waals surface area contributed by atoms with Gasteiger partial charge in [0.15, 0.2) is 0 Å². The minimum atomic E-state index is -0.651. The quantitative estimate of drug-likeness (QED) is 0.0487. The second-order valence-corrected chi connectivity index (χ2v) is 21.9. The van der Waals surface area contributed by atoms with E-state index in [4.69, 9.17) is 9.84 Å². The van der Waals surface area contributed by atoms with Crippen molar-refractivity contribution in [2.45, 2.75) is 387 Å². The zero-order valence-corrected chi connectivity index (χ0v) is 47.6. The Morgan fingerprint density at radius 3 is 0.706 bits per heavy atom. The largest absolute Gasteiger partial charge is 0.481 e. The van der Waals surface area contributed by atoms with Crippen LogP contribution in [0.15, 0.2) is 0 Å². The molecule has 0 aliphatic carbocycles. The van der Waals surface area contributed by atoms with Gasteiger partial charge in [0.05, 0.1) is 12.5 Å². The third kappa shape index (κ3) is 63.0. The Hall–Kier alpha value is -1.06. The predicted octanol–water partition coefficient (Wildman–Crippen LogP) is 23.1. The molecule has 0 saturated heterocycles. The summed E-state index contributed by atoms with van der Waals surface area (Å²) in [7, 11) is 0. The fourth-order valence-electron chi connectivity index (χ4n) is 10.1. The normalized spacial score (nSPS) is 11.8. The highest BCUT2D eigenvalue weighted by Crippen LogP contribution is 2.22. The molecule has 0 aliphatic rings. The van der Waals surface area contributed by atoms with E-state index in [0.29, 0.717) is 13.0 Å². The van der Waals surface area contributed by atoms with Gasteiger partial charge in [0.2, 0.25) is 0 Å². The van der Waals surface area contributed by atoms with Crippen molar-refractivity contribution in [3.8, 4) is 0 Å². The van der Waals surface area contributed by atoms with Crippen LogP contribution in [-0.4, -0.2) is 23.7 Å². The highest BCUT2D eigenvalue weighted by Gasteiger charge is 2.19. The summed E-state index contributed by atoms with van der Waals surface area (Å²) in [6, 6.07) is 0. The number of carboxylic acid groups (broad SMARTS) is 1. The van der Waals surface area contributed by atoms with E-state index in [2.05, 4.69) is 27.7 Å². The molecule has 0 rings (SSSR count). The van der Waals surface area contributed by atoms with Crippen molar-refractivity contribution < 1.29 is 19.4 Å². The molecular formula is C64H128O4. The molecule has 0 aliphatic heterocycles. The molecule has 0 amide bonds. The Balaban J connectivity index is 0. The monoisotopic (exact) mass is 961 g/mol. The Labute approximate surface area is 429 Å². The summed E-state index contributed by atoms with van der Waals surface area (Å²) in [5.74, 6) is -0.399. The van der Waals surface area contributed by atoms with Crippen molar-refractivity contribution in [2.24, 2.45) is 5.92 Å². The molecule has 0 heterocycles. The summed E-state index contributed by atoms with van der Waals surface area (Å²) in [6.07, 6.45) is 74.6. The molecule has 0 aromatic carbocycles. The maximum atomic E-state index is 12.9. The van der Waals surface area contributed by atoms with Crippen molar-refractivity contribution in [1.29, 1.82) is 0 Å². The highest BCUT2D eigenvalue weighted by molar-refractivity contribution is 5.72. The third-order valence-electron chi connectivity index (χ3n) is 14.9. The van der Waals surface area contributed by atoms with Crippen molar-refractivity contribution >= 4 is 11.9 Å². The molecule has 4 heteroatoms. The maximum Gasteiger partial charge on any atom is 0.308 e. The number of rotatable bonds is 58. The first-order valence-corrected chi connectivity index (χ1v) is 31.9. The molecule has 0 fully saturated rings. The molecule has 0 radical (unpaired) electrons. The first-order valence-electron chi connectivity index (χ1n) is 31.9. The number of carbonyl (C=O) groups is 2. The molecule has 1 atom stereocenters. The number of carboxylic acids is 1. The summed E-state index contributed by atoms with van der Waals surface area (Å²) in [4.78, 5) is 23.3. The van der Waals surface area contributed by atoms with E-state index in [9.17, 15) is 9.59 Å². The zero-order valence-electron chi connectivity index (χ0n) is 47.6. The van der Waals surface area contributed by atoms with E-state index in [1.165, 1.54) is 321 Å². The SMILES string of the molecule is CCCCCCCCCCCCCCCCCCC(CCCCCC)C(=O)OCCCCCCCCCCCCCCCC.CCCCCCCCCCCCCCCCCCCCCC(=O)O. The number of hydrogen-bond donors (Lipinski definition) is 1. The van der Waals surface area contributed by atoms with Crippen LogP contribution in [0.3, 0.4) is 0 Å². The van der Waals surface area contributed by atoms with Crippen LogP contribution in [0.5, 0.6) is 0 Å². The Kier molecular flexibility index (Phi) is 64.9. The average molecular weight is 962 g/mol. The molecule has 1 unspecified atom stereocenters. The molecule has 408 valence electrons. The van der Waals surface area contributed by atoms with Crippen LogP contribution in [0.2, 0.25) is 0 Å².